The summed E-state index contributed by atoms with van der Waals surface area (Å²) < 4.78 is 0. The smallest absolute Gasteiger partial charge is 0.271 e. The Morgan fingerprint density at radius 3 is 2.96 bits per heavy atom. The van der Waals surface area contributed by atoms with E-state index in [0.29, 0.717) is 18.2 Å². The minimum absolute atomic E-state index is 0.0782. The highest BCUT2D eigenvalue weighted by Gasteiger charge is 2.26. The van der Waals surface area contributed by atoms with Crippen molar-refractivity contribution in [3.63, 3.8) is 0 Å². The molecule has 1 aliphatic carbocycles. The van der Waals surface area contributed by atoms with Crippen molar-refractivity contribution in [1.29, 1.82) is 0 Å². The van der Waals surface area contributed by atoms with E-state index in [-0.39, 0.29) is 5.91 Å². The van der Waals surface area contributed by atoms with Crippen LogP contribution in [0, 0.1) is 0 Å². The molecule has 0 spiro atoms. The van der Waals surface area contributed by atoms with Gasteiger partial charge in [0.2, 0.25) is 0 Å². The van der Waals surface area contributed by atoms with Crippen molar-refractivity contribution in [2.45, 2.75) is 31.7 Å². The fourth-order valence-corrected chi connectivity index (χ4v) is 3.22. The molecule has 1 amide bonds. The van der Waals surface area contributed by atoms with E-state index < -0.39 is 0 Å². The number of hydrogen-bond donors (Lipinski definition) is 2. The zero-order chi connectivity index (χ0) is 15.6. The third-order valence-corrected chi connectivity index (χ3v) is 4.77. The van der Waals surface area contributed by atoms with Crippen molar-refractivity contribution in [2.24, 2.45) is 0 Å². The van der Waals surface area contributed by atoms with E-state index >= 15 is 0 Å². The molecule has 2 aliphatic rings. The van der Waals surface area contributed by atoms with Crippen LogP contribution in [0.1, 0.15) is 46.1 Å². The molecule has 2 heterocycles. The summed E-state index contributed by atoms with van der Waals surface area (Å²) in [5.74, 6) is 0.517. The van der Waals surface area contributed by atoms with Gasteiger partial charge in [0.1, 0.15) is 5.69 Å². The average molecular weight is 310 g/mol. The predicted octanol–water partition coefficient (Wildman–Crippen LogP) is 2.08. The van der Waals surface area contributed by atoms with Crippen LogP contribution in [0.25, 0.3) is 0 Å². The van der Waals surface area contributed by atoms with E-state index in [1.54, 1.807) is 0 Å². The van der Waals surface area contributed by atoms with Crippen molar-refractivity contribution in [2.75, 3.05) is 19.6 Å². The maximum Gasteiger partial charge on any atom is 0.271 e. The summed E-state index contributed by atoms with van der Waals surface area (Å²) in [6, 6.07) is 10.5. The van der Waals surface area contributed by atoms with Gasteiger partial charge in [-0.2, -0.15) is 5.10 Å². The third-order valence-electron chi connectivity index (χ3n) is 4.77. The first kappa shape index (κ1) is 14.5. The SMILES string of the molecule is O=C(NCCN1CCc2ccccc2C1)c1cc(C2CC2)[nH]n1. The van der Waals surface area contributed by atoms with Gasteiger partial charge in [-0.25, -0.2) is 0 Å². The van der Waals surface area contributed by atoms with Crippen molar-refractivity contribution in [1.82, 2.24) is 20.4 Å². The molecule has 1 aromatic heterocycles. The van der Waals surface area contributed by atoms with Crippen molar-refractivity contribution < 1.29 is 4.79 Å². The quantitative estimate of drug-likeness (QED) is 0.889. The molecule has 0 bridgehead atoms. The fourth-order valence-electron chi connectivity index (χ4n) is 3.22. The van der Waals surface area contributed by atoms with Gasteiger partial charge in [-0.15, -0.1) is 0 Å². The number of benzene rings is 1. The van der Waals surface area contributed by atoms with Crippen molar-refractivity contribution in [3.8, 4) is 0 Å². The molecule has 1 saturated carbocycles. The lowest BCUT2D eigenvalue weighted by Crippen LogP contribution is -2.37. The zero-order valence-electron chi connectivity index (χ0n) is 13.2. The van der Waals surface area contributed by atoms with E-state index in [9.17, 15) is 4.79 Å². The number of aromatic amines is 1. The van der Waals surface area contributed by atoms with Crippen LogP contribution in [0.15, 0.2) is 30.3 Å². The number of carbonyl (C=O) groups excluding carboxylic acids is 1. The molecular formula is C18H22N4O. The van der Waals surface area contributed by atoms with Crippen LogP contribution in [0.2, 0.25) is 0 Å². The summed E-state index contributed by atoms with van der Waals surface area (Å²) in [6.45, 7) is 3.56. The van der Waals surface area contributed by atoms with Gasteiger partial charge < -0.3 is 5.32 Å². The van der Waals surface area contributed by atoms with Gasteiger partial charge >= 0.3 is 0 Å². The molecule has 5 heteroatoms. The molecule has 1 aliphatic heterocycles. The Balaban J connectivity index is 1.26. The lowest BCUT2D eigenvalue weighted by atomic mass is 10.00. The minimum atomic E-state index is -0.0782. The van der Waals surface area contributed by atoms with Gasteiger partial charge in [0.25, 0.3) is 5.91 Å². The second-order valence-electron chi connectivity index (χ2n) is 6.53. The Morgan fingerprint density at radius 2 is 2.13 bits per heavy atom. The molecular weight excluding hydrogens is 288 g/mol. The lowest BCUT2D eigenvalue weighted by molar-refractivity contribution is 0.0942. The molecule has 0 radical (unpaired) electrons. The summed E-state index contributed by atoms with van der Waals surface area (Å²) in [7, 11) is 0. The van der Waals surface area contributed by atoms with Crippen LogP contribution in [0.3, 0.4) is 0 Å². The molecule has 120 valence electrons. The van der Waals surface area contributed by atoms with Crippen LogP contribution in [-0.4, -0.2) is 40.6 Å². The molecule has 4 rings (SSSR count). The van der Waals surface area contributed by atoms with E-state index in [4.69, 9.17) is 0 Å². The molecule has 0 atom stereocenters. The summed E-state index contributed by atoms with van der Waals surface area (Å²) in [6.07, 6.45) is 3.51. The van der Waals surface area contributed by atoms with Crippen LogP contribution in [0.4, 0.5) is 0 Å². The number of nitrogens with one attached hydrogen (secondary N) is 2. The van der Waals surface area contributed by atoms with Crippen molar-refractivity contribution in [3.05, 3.63) is 52.8 Å². The largest absolute Gasteiger partial charge is 0.349 e. The minimum Gasteiger partial charge on any atom is -0.349 e. The number of hydrogen-bond acceptors (Lipinski definition) is 3. The average Bonchev–Trinajstić information content (AvgIpc) is 3.31. The Hall–Kier alpha value is -2.14. The first-order valence-corrected chi connectivity index (χ1v) is 8.42. The van der Waals surface area contributed by atoms with Crippen molar-refractivity contribution >= 4 is 5.91 Å². The van der Waals surface area contributed by atoms with E-state index in [0.717, 1.165) is 31.7 Å². The normalized spacial score (nSPS) is 17.7. The van der Waals surface area contributed by atoms with E-state index in [1.165, 1.54) is 24.0 Å². The summed E-state index contributed by atoms with van der Waals surface area (Å²) >= 11 is 0. The second kappa shape index (κ2) is 6.16. The Labute approximate surface area is 136 Å². The van der Waals surface area contributed by atoms with E-state index in [1.807, 2.05) is 6.07 Å². The lowest BCUT2D eigenvalue weighted by Gasteiger charge is -2.28. The molecule has 5 nitrogen and oxygen atoms in total. The monoisotopic (exact) mass is 310 g/mol. The fraction of sp³-hybridized carbons (Fsp3) is 0.444. The number of H-pyrrole nitrogens is 1. The molecule has 2 aromatic rings. The molecule has 23 heavy (non-hydrogen) atoms. The number of nitrogens with zero attached hydrogens (tertiary/aromatic N) is 2. The highest BCUT2D eigenvalue weighted by Crippen LogP contribution is 2.38. The highest BCUT2D eigenvalue weighted by molar-refractivity contribution is 5.92. The molecule has 0 saturated heterocycles. The molecule has 0 unspecified atom stereocenters. The standard InChI is InChI=1S/C18H22N4O/c23-18(17-11-16(20-21-17)14-5-6-14)19-8-10-22-9-7-13-3-1-2-4-15(13)12-22/h1-4,11,14H,5-10,12H2,(H,19,23)(H,20,21). The van der Waals surface area contributed by atoms with Crippen LogP contribution in [0.5, 0.6) is 0 Å². The summed E-state index contributed by atoms with van der Waals surface area (Å²) in [4.78, 5) is 14.5. The highest BCUT2D eigenvalue weighted by atomic mass is 16.1. The van der Waals surface area contributed by atoms with Gasteiger partial charge in [-0.3, -0.25) is 14.8 Å². The number of amides is 1. The van der Waals surface area contributed by atoms with Gasteiger partial charge in [0.05, 0.1) is 0 Å². The molecule has 2 N–H and O–H groups in total. The second-order valence-corrected chi connectivity index (χ2v) is 6.53. The van der Waals surface area contributed by atoms with Crippen LogP contribution in [-0.2, 0) is 13.0 Å². The molecule has 1 aromatic carbocycles. The topological polar surface area (TPSA) is 61.0 Å². The van der Waals surface area contributed by atoms with E-state index in [2.05, 4.69) is 44.7 Å². The maximum atomic E-state index is 12.1. The Bertz CT molecular complexity index is 705. The van der Waals surface area contributed by atoms with Gasteiger partial charge in [0.15, 0.2) is 0 Å². The first-order chi connectivity index (χ1) is 11.3. The van der Waals surface area contributed by atoms with Gasteiger partial charge in [-0.1, -0.05) is 24.3 Å². The first-order valence-electron chi connectivity index (χ1n) is 8.42. The molecule has 1 fully saturated rings. The maximum absolute atomic E-state index is 12.1. The Kier molecular flexibility index (Phi) is 3.87. The van der Waals surface area contributed by atoms with Gasteiger partial charge in [-0.05, 0) is 36.5 Å². The summed E-state index contributed by atoms with van der Waals surface area (Å²) in [5, 5.41) is 10.1. The number of carbonyl (C=O) groups is 1. The zero-order valence-corrected chi connectivity index (χ0v) is 13.2. The number of fused-ring (bicyclic) bond motifs is 1. The van der Waals surface area contributed by atoms with Crippen LogP contribution >= 0.6 is 0 Å². The Morgan fingerprint density at radius 1 is 1.30 bits per heavy atom. The number of aromatic nitrogens is 2. The summed E-state index contributed by atoms with van der Waals surface area (Å²) in [5.41, 5.74) is 4.47. The number of rotatable bonds is 5. The van der Waals surface area contributed by atoms with Crippen LogP contribution < -0.4 is 5.32 Å². The predicted molar refractivity (Wildman–Crippen MR) is 88.3 cm³/mol. The van der Waals surface area contributed by atoms with Gasteiger partial charge in [0, 0.05) is 37.8 Å². The third kappa shape index (κ3) is 3.29.